The first kappa shape index (κ1) is 13.9. The van der Waals surface area contributed by atoms with Crippen LogP contribution in [0, 0.1) is 11.3 Å². The molecular formula is C16H23N3. The second-order valence-corrected chi connectivity index (χ2v) is 5.47. The van der Waals surface area contributed by atoms with Crippen LogP contribution in [-0.2, 0) is 0 Å². The number of nitrogens with zero attached hydrogens (tertiary/aromatic N) is 2. The molecule has 2 unspecified atom stereocenters. The quantitative estimate of drug-likeness (QED) is 0.901. The summed E-state index contributed by atoms with van der Waals surface area (Å²) in [4.78, 5) is 2.23. The Balaban J connectivity index is 2.01. The lowest BCUT2D eigenvalue weighted by Crippen LogP contribution is -2.40. The number of hydrogen-bond acceptors (Lipinski definition) is 3. The molecule has 2 atom stereocenters. The van der Waals surface area contributed by atoms with Gasteiger partial charge in [0.2, 0.25) is 0 Å². The Morgan fingerprint density at radius 1 is 1.42 bits per heavy atom. The van der Waals surface area contributed by atoms with Crippen LogP contribution in [0.4, 0.5) is 5.69 Å². The molecule has 19 heavy (non-hydrogen) atoms. The van der Waals surface area contributed by atoms with Gasteiger partial charge in [0, 0.05) is 19.1 Å². The third-order valence-electron chi connectivity index (χ3n) is 4.10. The van der Waals surface area contributed by atoms with Gasteiger partial charge in [0.15, 0.2) is 0 Å². The van der Waals surface area contributed by atoms with E-state index in [1.807, 2.05) is 24.3 Å². The summed E-state index contributed by atoms with van der Waals surface area (Å²) in [5, 5.41) is 12.8. The van der Waals surface area contributed by atoms with Crippen molar-refractivity contribution in [3.63, 3.8) is 0 Å². The van der Waals surface area contributed by atoms with Crippen LogP contribution < -0.4 is 10.2 Å². The Morgan fingerprint density at radius 3 is 2.89 bits per heavy atom. The fourth-order valence-electron chi connectivity index (χ4n) is 2.81. The van der Waals surface area contributed by atoms with E-state index in [4.69, 9.17) is 0 Å². The Labute approximate surface area is 116 Å². The van der Waals surface area contributed by atoms with E-state index in [9.17, 15) is 5.26 Å². The highest BCUT2D eigenvalue weighted by atomic mass is 15.1. The minimum absolute atomic E-state index is 0.435. The minimum Gasteiger partial charge on any atom is -0.371 e. The van der Waals surface area contributed by atoms with Gasteiger partial charge in [0.1, 0.15) is 6.07 Å². The topological polar surface area (TPSA) is 39.1 Å². The Morgan fingerprint density at radius 2 is 2.21 bits per heavy atom. The summed E-state index contributed by atoms with van der Waals surface area (Å²) in [6.07, 6.45) is 5.05. The number of hydrogen-bond donors (Lipinski definition) is 1. The van der Waals surface area contributed by atoms with Crippen molar-refractivity contribution in [3.05, 3.63) is 29.8 Å². The normalized spacial score (nSPS) is 20.6. The summed E-state index contributed by atoms with van der Waals surface area (Å²) in [6.45, 7) is 3.39. The van der Waals surface area contributed by atoms with Gasteiger partial charge in [-0.05, 0) is 44.9 Å². The van der Waals surface area contributed by atoms with Gasteiger partial charge in [-0.3, -0.25) is 0 Å². The molecule has 0 amide bonds. The van der Waals surface area contributed by atoms with E-state index in [0.717, 1.165) is 24.2 Å². The van der Waals surface area contributed by atoms with Crippen molar-refractivity contribution >= 4 is 5.69 Å². The number of para-hydroxylation sites is 1. The van der Waals surface area contributed by atoms with Crippen LogP contribution in [0.25, 0.3) is 0 Å². The summed E-state index contributed by atoms with van der Waals surface area (Å²) >= 11 is 0. The molecule has 0 aliphatic carbocycles. The molecular weight excluding hydrogens is 234 g/mol. The number of nitrogens with one attached hydrogen (secondary N) is 1. The highest BCUT2D eigenvalue weighted by Crippen LogP contribution is 2.23. The van der Waals surface area contributed by atoms with Crippen LogP contribution in [0.1, 0.15) is 38.2 Å². The van der Waals surface area contributed by atoms with E-state index in [2.05, 4.69) is 30.3 Å². The first-order valence-electron chi connectivity index (χ1n) is 7.17. The van der Waals surface area contributed by atoms with Gasteiger partial charge in [0.05, 0.1) is 11.3 Å². The van der Waals surface area contributed by atoms with Crippen LogP contribution in [0.15, 0.2) is 24.3 Å². The highest BCUT2D eigenvalue weighted by molar-refractivity contribution is 5.59. The summed E-state index contributed by atoms with van der Waals surface area (Å²) in [7, 11) is 2.09. The third kappa shape index (κ3) is 3.48. The van der Waals surface area contributed by atoms with Crippen LogP contribution in [0.3, 0.4) is 0 Å². The highest BCUT2D eigenvalue weighted by Gasteiger charge is 2.19. The zero-order valence-electron chi connectivity index (χ0n) is 11.9. The molecule has 1 fully saturated rings. The summed E-state index contributed by atoms with van der Waals surface area (Å²) < 4.78 is 0. The molecule has 1 aromatic rings. The SMILES string of the molecule is CC(CC1CCCCN1)N(C)c1ccccc1C#N. The molecule has 1 saturated heterocycles. The Kier molecular flexibility index (Phi) is 4.81. The van der Waals surface area contributed by atoms with Crippen molar-refractivity contribution in [2.75, 3.05) is 18.5 Å². The maximum atomic E-state index is 9.18. The fourth-order valence-corrected chi connectivity index (χ4v) is 2.81. The largest absolute Gasteiger partial charge is 0.371 e. The van der Waals surface area contributed by atoms with Crippen molar-refractivity contribution < 1.29 is 0 Å². The van der Waals surface area contributed by atoms with Crippen LogP contribution in [0.2, 0.25) is 0 Å². The maximum Gasteiger partial charge on any atom is 0.101 e. The first-order valence-corrected chi connectivity index (χ1v) is 7.17. The number of rotatable bonds is 4. The van der Waals surface area contributed by atoms with E-state index in [-0.39, 0.29) is 0 Å². The smallest absolute Gasteiger partial charge is 0.101 e. The molecule has 1 N–H and O–H groups in total. The second-order valence-electron chi connectivity index (χ2n) is 5.47. The lowest BCUT2D eigenvalue weighted by Gasteiger charge is -2.32. The van der Waals surface area contributed by atoms with E-state index in [1.165, 1.54) is 19.3 Å². The predicted molar refractivity (Wildman–Crippen MR) is 79.3 cm³/mol. The van der Waals surface area contributed by atoms with Crippen molar-refractivity contribution in [2.24, 2.45) is 0 Å². The average molecular weight is 257 g/mol. The number of piperidine rings is 1. The second kappa shape index (κ2) is 6.58. The fraction of sp³-hybridized carbons (Fsp3) is 0.562. The molecule has 0 saturated carbocycles. The standard InChI is InChI=1S/C16H23N3/c1-13(11-15-8-5-6-10-18-15)19(2)16-9-4-3-7-14(16)12-17/h3-4,7,9,13,15,18H,5-6,8,10-11H2,1-2H3. The molecule has 1 aromatic carbocycles. The van der Waals surface area contributed by atoms with Gasteiger partial charge in [-0.2, -0.15) is 5.26 Å². The van der Waals surface area contributed by atoms with Crippen molar-refractivity contribution in [2.45, 2.75) is 44.7 Å². The minimum atomic E-state index is 0.435. The third-order valence-corrected chi connectivity index (χ3v) is 4.10. The average Bonchev–Trinajstić information content (AvgIpc) is 2.47. The summed E-state index contributed by atoms with van der Waals surface area (Å²) in [5.41, 5.74) is 1.79. The van der Waals surface area contributed by atoms with Gasteiger partial charge in [0.25, 0.3) is 0 Å². The van der Waals surface area contributed by atoms with Gasteiger partial charge < -0.3 is 10.2 Å². The molecule has 0 spiro atoms. The molecule has 2 rings (SSSR count). The number of anilines is 1. The Hall–Kier alpha value is -1.53. The van der Waals surface area contributed by atoms with Crippen molar-refractivity contribution in [3.8, 4) is 6.07 Å². The van der Waals surface area contributed by atoms with Gasteiger partial charge in [-0.15, -0.1) is 0 Å². The van der Waals surface area contributed by atoms with Crippen LogP contribution in [-0.4, -0.2) is 25.7 Å². The molecule has 1 aliphatic heterocycles. The molecule has 0 radical (unpaired) electrons. The van der Waals surface area contributed by atoms with Crippen molar-refractivity contribution in [1.29, 1.82) is 5.26 Å². The molecule has 0 aromatic heterocycles. The molecule has 102 valence electrons. The number of benzene rings is 1. The maximum absolute atomic E-state index is 9.18. The zero-order valence-corrected chi connectivity index (χ0v) is 11.9. The Bertz CT molecular complexity index is 444. The summed E-state index contributed by atoms with van der Waals surface area (Å²) in [5.74, 6) is 0. The number of nitriles is 1. The van der Waals surface area contributed by atoms with Crippen molar-refractivity contribution in [1.82, 2.24) is 5.32 Å². The van der Waals surface area contributed by atoms with E-state index >= 15 is 0 Å². The summed E-state index contributed by atoms with van der Waals surface area (Å²) in [6, 6.07) is 11.2. The monoisotopic (exact) mass is 257 g/mol. The van der Waals surface area contributed by atoms with Crippen LogP contribution in [0.5, 0.6) is 0 Å². The van der Waals surface area contributed by atoms with Gasteiger partial charge >= 0.3 is 0 Å². The zero-order chi connectivity index (χ0) is 13.7. The molecule has 1 heterocycles. The molecule has 3 heteroatoms. The van der Waals surface area contributed by atoms with Crippen LogP contribution >= 0.6 is 0 Å². The van der Waals surface area contributed by atoms with E-state index < -0.39 is 0 Å². The van der Waals surface area contributed by atoms with E-state index in [0.29, 0.717) is 12.1 Å². The first-order chi connectivity index (χ1) is 9.22. The van der Waals surface area contributed by atoms with Gasteiger partial charge in [-0.25, -0.2) is 0 Å². The van der Waals surface area contributed by atoms with Gasteiger partial charge in [-0.1, -0.05) is 18.6 Å². The lowest BCUT2D eigenvalue weighted by molar-refractivity contribution is 0.362. The van der Waals surface area contributed by atoms with E-state index in [1.54, 1.807) is 0 Å². The molecule has 1 aliphatic rings. The molecule has 3 nitrogen and oxygen atoms in total. The lowest BCUT2D eigenvalue weighted by atomic mass is 9.98. The molecule has 0 bridgehead atoms. The predicted octanol–water partition coefficient (Wildman–Crippen LogP) is 2.92.